The molecule has 0 spiro atoms. The third kappa shape index (κ3) is 3.70. The number of nitrogens with one attached hydrogen (secondary N) is 1. The number of amides is 1. The van der Waals surface area contributed by atoms with Crippen LogP contribution in [0.1, 0.15) is 50.2 Å². The molecule has 0 aromatic carbocycles. The first-order valence-corrected chi connectivity index (χ1v) is 8.57. The largest absolute Gasteiger partial charge is 0.397 e. The zero-order valence-electron chi connectivity index (χ0n) is 13.5. The van der Waals surface area contributed by atoms with Crippen molar-refractivity contribution in [3.05, 3.63) is 10.9 Å². The van der Waals surface area contributed by atoms with Crippen LogP contribution in [0.3, 0.4) is 0 Å². The second-order valence-corrected chi connectivity index (χ2v) is 7.89. The highest BCUT2D eigenvalue weighted by Crippen LogP contribution is 2.38. The highest BCUT2D eigenvalue weighted by Gasteiger charge is 2.29. The lowest BCUT2D eigenvalue weighted by molar-refractivity contribution is 0.0960. The van der Waals surface area contributed by atoms with Gasteiger partial charge >= 0.3 is 0 Å². The van der Waals surface area contributed by atoms with Gasteiger partial charge in [0.05, 0.1) is 10.7 Å². The number of thiophene rings is 1. The Bertz CT molecular complexity index is 496. The van der Waals surface area contributed by atoms with Crippen LogP contribution in [0, 0.1) is 11.3 Å². The summed E-state index contributed by atoms with van der Waals surface area (Å²) < 4.78 is 0. The standard InChI is InChI=1S/C16H27N3OS/c1-5-18-15(20)14-12(17)10-13(21-14)19-8-6-11(7-9-19)16(2,3)4/h10-11H,5-9,17H2,1-4H3,(H,18,20). The van der Waals surface area contributed by atoms with Crippen molar-refractivity contribution in [1.82, 2.24) is 5.32 Å². The van der Waals surface area contributed by atoms with E-state index in [0.29, 0.717) is 22.5 Å². The molecule has 0 aliphatic carbocycles. The topological polar surface area (TPSA) is 58.4 Å². The fourth-order valence-electron chi connectivity index (χ4n) is 2.93. The summed E-state index contributed by atoms with van der Waals surface area (Å²) in [7, 11) is 0. The highest BCUT2D eigenvalue weighted by molar-refractivity contribution is 7.18. The molecule has 1 fully saturated rings. The number of carbonyl (C=O) groups excluding carboxylic acids is 1. The number of piperidine rings is 1. The van der Waals surface area contributed by atoms with E-state index in [1.165, 1.54) is 24.2 Å². The zero-order chi connectivity index (χ0) is 15.6. The third-order valence-electron chi connectivity index (χ3n) is 4.32. The van der Waals surface area contributed by atoms with E-state index in [4.69, 9.17) is 5.73 Å². The lowest BCUT2D eigenvalue weighted by Crippen LogP contribution is -2.37. The maximum absolute atomic E-state index is 11.9. The van der Waals surface area contributed by atoms with Gasteiger partial charge in [0, 0.05) is 19.6 Å². The predicted octanol–water partition coefficient (Wildman–Crippen LogP) is 3.34. The van der Waals surface area contributed by atoms with Crippen LogP contribution in [0.5, 0.6) is 0 Å². The monoisotopic (exact) mass is 309 g/mol. The molecule has 118 valence electrons. The molecule has 0 unspecified atom stereocenters. The second kappa shape index (κ2) is 6.26. The first-order valence-electron chi connectivity index (χ1n) is 7.75. The molecule has 5 heteroatoms. The Morgan fingerprint density at radius 1 is 1.43 bits per heavy atom. The van der Waals surface area contributed by atoms with E-state index in [1.807, 2.05) is 13.0 Å². The maximum Gasteiger partial charge on any atom is 0.263 e. The molecule has 0 atom stereocenters. The summed E-state index contributed by atoms with van der Waals surface area (Å²) in [5.74, 6) is 0.713. The van der Waals surface area contributed by atoms with Gasteiger partial charge in [-0.15, -0.1) is 11.3 Å². The first kappa shape index (κ1) is 16.1. The number of anilines is 2. The molecule has 2 rings (SSSR count). The summed E-state index contributed by atoms with van der Waals surface area (Å²) in [4.78, 5) is 15.0. The Morgan fingerprint density at radius 2 is 2.05 bits per heavy atom. The van der Waals surface area contributed by atoms with Crippen molar-refractivity contribution in [2.75, 3.05) is 30.3 Å². The first-order chi connectivity index (χ1) is 9.82. The quantitative estimate of drug-likeness (QED) is 0.900. The van der Waals surface area contributed by atoms with Gasteiger partial charge in [0.1, 0.15) is 4.88 Å². The molecule has 1 aliphatic heterocycles. The van der Waals surface area contributed by atoms with Crippen LogP contribution in [0.25, 0.3) is 0 Å². The third-order valence-corrected chi connectivity index (χ3v) is 5.53. The molecule has 0 bridgehead atoms. The van der Waals surface area contributed by atoms with Crippen LogP contribution in [0.4, 0.5) is 10.7 Å². The Hall–Kier alpha value is -1.23. The van der Waals surface area contributed by atoms with Crippen LogP contribution in [-0.4, -0.2) is 25.5 Å². The number of hydrogen-bond acceptors (Lipinski definition) is 4. The Labute approximate surface area is 131 Å². The predicted molar refractivity (Wildman–Crippen MR) is 91.1 cm³/mol. The van der Waals surface area contributed by atoms with E-state index in [1.54, 1.807) is 0 Å². The Kier molecular flexibility index (Phi) is 4.81. The van der Waals surface area contributed by atoms with Crippen LogP contribution in [0.15, 0.2) is 6.07 Å². The number of hydrogen-bond donors (Lipinski definition) is 2. The molecule has 21 heavy (non-hydrogen) atoms. The van der Waals surface area contributed by atoms with Crippen molar-refractivity contribution in [3.8, 4) is 0 Å². The van der Waals surface area contributed by atoms with Crippen molar-refractivity contribution in [1.29, 1.82) is 0 Å². The number of rotatable bonds is 3. The van der Waals surface area contributed by atoms with Gasteiger partial charge in [-0.25, -0.2) is 0 Å². The van der Waals surface area contributed by atoms with Gasteiger partial charge in [-0.1, -0.05) is 20.8 Å². The molecular weight excluding hydrogens is 282 g/mol. The minimum Gasteiger partial charge on any atom is -0.397 e. The highest BCUT2D eigenvalue weighted by atomic mass is 32.1. The fourth-order valence-corrected chi connectivity index (χ4v) is 3.98. The minimum atomic E-state index is -0.0594. The van der Waals surface area contributed by atoms with Gasteiger partial charge in [0.2, 0.25) is 0 Å². The average Bonchev–Trinajstić information content (AvgIpc) is 2.80. The molecule has 4 nitrogen and oxygen atoms in total. The molecule has 3 N–H and O–H groups in total. The zero-order valence-corrected chi connectivity index (χ0v) is 14.3. The van der Waals surface area contributed by atoms with Crippen molar-refractivity contribution in [2.45, 2.75) is 40.5 Å². The molecule has 1 saturated heterocycles. The van der Waals surface area contributed by atoms with Crippen molar-refractivity contribution < 1.29 is 4.79 Å². The molecule has 2 heterocycles. The van der Waals surface area contributed by atoms with Crippen molar-refractivity contribution >= 4 is 27.9 Å². The van der Waals surface area contributed by atoms with Gasteiger partial charge in [0.15, 0.2) is 0 Å². The summed E-state index contributed by atoms with van der Waals surface area (Å²) in [5.41, 5.74) is 6.98. The van der Waals surface area contributed by atoms with Crippen LogP contribution in [-0.2, 0) is 0 Å². The SMILES string of the molecule is CCNC(=O)c1sc(N2CCC(C(C)(C)C)CC2)cc1N. The average molecular weight is 309 g/mol. The number of nitrogens with zero attached hydrogens (tertiary/aromatic N) is 1. The van der Waals surface area contributed by atoms with E-state index in [0.717, 1.165) is 24.0 Å². The van der Waals surface area contributed by atoms with Crippen LogP contribution >= 0.6 is 11.3 Å². The van der Waals surface area contributed by atoms with E-state index in [2.05, 4.69) is 31.0 Å². The number of carbonyl (C=O) groups is 1. The molecule has 1 aromatic rings. The van der Waals surface area contributed by atoms with Gasteiger partial charge in [0.25, 0.3) is 5.91 Å². The van der Waals surface area contributed by atoms with Gasteiger partial charge < -0.3 is 16.0 Å². The lowest BCUT2D eigenvalue weighted by Gasteiger charge is -2.39. The molecule has 0 saturated carbocycles. The molecule has 0 radical (unpaired) electrons. The van der Waals surface area contributed by atoms with E-state index < -0.39 is 0 Å². The minimum absolute atomic E-state index is 0.0594. The molecule has 1 amide bonds. The van der Waals surface area contributed by atoms with E-state index in [9.17, 15) is 4.79 Å². The van der Waals surface area contributed by atoms with Gasteiger partial charge in [-0.05, 0) is 37.2 Å². The molecular formula is C16H27N3OS. The summed E-state index contributed by atoms with van der Waals surface area (Å²) in [6, 6.07) is 1.95. The number of nitrogen functional groups attached to an aromatic ring is 1. The summed E-state index contributed by atoms with van der Waals surface area (Å²) in [6.45, 7) is 11.6. The molecule has 1 aliphatic rings. The Morgan fingerprint density at radius 3 is 2.57 bits per heavy atom. The summed E-state index contributed by atoms with van der Waals surface area (Å²) >= 11 is 1.51. The van der Waals surface area contributed by atoms with Crippen molar-refractivity contribution in [2.24, 2.45) is 11.3 Å². The van der Waals surface area contributed by atoms with Crippen molar-refractivity contribution in [3.63, 3.8) is 0 Å². The van der Waals surface area contributed by atoms with Crippen LogP contribution in [0.2, 0.25) is 0 Å². The van der Waals surface area contributed by atoms with E-state index in [-0.39, 0.29) is 5.91 Å². The summed E-state index contributed by atoms with van der Waals surface area (Å²) in [6.07, 6.45) is 2.41. The van der Waals surface area contributed by atoms with E-state index >= 15 is 0 Å². The molecule has 1 aromatic heterocycles. The summed E-state index contributed by atoms with van der Waals surface area (Å²) in [5, 5.41) is 3.94. The normalized spacial score (nSPS) is 17.0. The number of nitrogens with two attached hydrogens (primary N) is 1. The van der Waals surface area contributed by atoms with Gasteiger partial charge in [-0.3, -0.25) is 4.79 Å². The van der Waals surface area contributed by atoms with Gasteiger partial charge in [-0.2, -0.15) is 0 Å². The Balaban J connectivity index is 2.04. The fraction of sp³-hybridized carbons (Fsp3) is 0.688. The maximum atomic E-state index is 11.9. The van der Waals surface area contributed by atoms with Crippen LogP contribution < -0.4 is 16.0 Å². The second-order valence-electron chi connectivity index (χ2n) is 6.86. The lowest BCUT2D eigenvalue weighted by atomic mass is 9.75. The smallest absolute Gasteiger partial charge is 0.263 e.